The molecule has 0 saturated heterocycles. The lowest BCUT2D eigenvalue weighted by molar-refractivity contribution is -0.111. The molecule has 2 aliphatic heterocycles. The number of rotatable bonds is 3. The number of sulfone groups is 2. The summed E-state index contributed by atoms with van der Waals surface area (Å²) in [6.07, 6.45) is 6.84. The van der Waals surface area contributed by atoms with Gasteiger partial charge in [-0.2, -0.15) is 0 Å². The van der Waals surface area contributed by atoms with Crippen LogP contribution in [0.4, 0.5) is 0 Å². The van der Waals surface area contributed by atoms with E-state index in [1.807, 2.05) is 0 Å². The maximum absolute atomic E-state index is 11.9. The highest BCUT2D eigenvalue weighted by molar-refractivity contribution is 7.99. The second kappa shape index (κ2) is 6.82. The predicted octanol–water partition coefficient (Wildman–Crippen LogP) is 2.80. The zero-order valence-electron chi connectivity index (χ0n) is 13.9. The van der Waals surface area contributed by atoms with E-state index in [1.54, 1.807) is 13.8 Å². The molecule has 2 rings (SSSR count). The molecular weight excluding hydrogens is 360 g/mol. The molecule has 0 aliphatic carbocycles. The molecule has 0 N–H and O–H groups in total. The van der Waals surface area contributed by atoms with E-state index in [2.05, 4.69) is 11.5 Å². The second-order valence-electron chi connectivity index (χ2n) is 5.53. The lowest BCUT2D eigenvalue weighted by atomic mass is 10.1. The molecule has 0 aromatic carbocycles. The van der Waals surface area contributed by atoms with Crippen molar-refractivity contribution in [3.8, 4) is 0 Å². The molecule has 0 spiro atoms. The molecule has 5 nitrogen and oxygen atoms in total. The van der Waals surface area contributed by atoms with Crippen molar-refractivity contribution in [1.29, 1.82) is 0 Å². The lowest BCUT2D eigenvalue weighted by Crippen LogP contribution is -2.02. The summed E-state index contributed by atoms with van der Waals surface area (Å²) < 4.78 is 47.1. The fourth-order valence-electron chi connectivity index (χ4n) is 2.23. The number of carbonyl (C=O) groups excluding carboxylic acids is 1. The van der Waals surface area contributed by atoms with Crippen LogP contribution in [0.15, 0.2) is 79.2 Å². The summed E-state index contributed by atoms with van der Waals surface area (Å²) in [6, 6.07) is 0. The third kappa shape index (κ3) is 3.98. The monoisotopic (exact) mass is 376 g/mol. The average Bonchev–Trinajstić information content (AvgIpc) is 2.81. The van der Waals surface area contributed by atoms with E-state index in [-0.39, 0.29) is 15.4 Å². The van der Waals surface area contributed by atoms with Crippen LogP contribution in [0, 0.1) is 0 Å². The Morgan fingerprint density at radius 2 is 1.52 bits per heavy atom. The minimum atomic E-state index is -3.65. The fourth-order valence-corrected chi connectivity index (χ4v) is 5.20. The van der Waals surface area contributed by atoms with Crippen LogP contribution in [0.25, 0.3) is 0 Å². The number of hydrogen-bond donors (Lipinski definition) is 0. The lowest BCUT2D eigenvalue weighted by Gasteiger charge is -1.94. The minimum absolute atomic E-state index is 0.182. The van der Waals surface area contributed by atoms with Crippen molar-refractivity contribution in [2.45, 2.75) is 20.8 Å². The number of allylic oxidation sites excluding steroid dienone is 9. The van der Waals surface area contributed by atoms with Crippen LogP contribution in [-0.4, -0.2) is 22.6 Å². The molecule has 2 heterocycles. The van der Waals surface area contributed by atoms with Crippen LogP contribution in [0.5, 0.6) is 0 Å². The molecule has 2 aliphatic rings. The van der Waals surface area contributed by atoms with E-state index in [0.29, 0.717) is 11.1 Å². The third-order valence-corrected chi connectivity index (χ3v) is 6.94. The molecule has 0 amide bonds. The molecule has 130 valence electrons. The first-order valence-electron chi connectivity index (χ1n) is 7.23. The van der Waals surface area contributed by atoms with Crippen LogP contribution in [0.2, 0.25) is 0 Å². The molecular formula is C18H16O5S2. The summed E-state index contributed by atoms with van der Waals surface area (Å²) in [5.74, 6) is -0.513. The van der Waals surface area contributed by atoms with Gasteiger partial charge in [0.05, 0.1) is 4.91 Å². The molecule has 0 saturated carbocycles. The Hall–Kier alpha value is -2.43. The van der Waals surface area contributed by atoms with E-state index >= 15 is 0 Å². The Kier molecular flexibility index (Phi) is 5.16. The first-order valence-corrected chi connectivity index (χ1v) is 10.3. The van der Waals surface area contributed by atoms with E-state index in [4.69, 9.17) is 0 Å². The Morgan fingerprint density at radius 3 is 2.04 bits per heavy atom. The van der Waals surface area contributed by atoms with Gasteiger partial charge in [-0.25, -0.2) is 16.8 Å². The molecule has 0 radical (unpaired) electrons. The van der Waals surface area contributed by atoms with Gasteiger partial charge in [0.15, 0.2) is 0 Å². The molecule has 0 atom stereocenters. The smallest absolute Gasteiger partial charge is 0.204 e. The minimum Gasteiger partial charge on any atom is -0.288 e. The van der Waals surface area contributed by atoms with Crippen LogP contribution in [-0.2, 0) is 24.5 Å². The van der Waals surface area contributed by atoms with Crippen LogP contribution >= 0.6 is 0 Å². The van der Waals surface area contributed by atoms with E-state index in [1.165, 1.54) is 42.7 Å². The zero-order valence-corrected chi connectivity index (χ0v) is 15.5. The number of Topliss-reactive ketones (excluding diaryl/α,β-unsaturated/α-hetero) is 1. The van der Waals surface area contributed by atoms with Gasteiger partial charge in [-0.1, -0.05) is 23.6 Å². The largest absolute Gasteiger partial charge is 0.288 e. The van der Waals surface area contributed by atoms with Gasteiger partial charge in [0.2, 0.25) is 25.5 Å². The Labute approximate surface area is 147 Å². The highest BCUT2D eigenvalue weighted by atomic mass is 32.2. The van der Waals surface area contributed by atoms with Crippen molar-refractivity contribution in [1.82, 2.24) is 0 Å². The standard InChI is InChI=1S/C18H16O5S2/c1-13-11-24(20,21)16(15(13)3)9-7-5-4-6-8-10-17-18(19)14(2)12-25(17,22)23/h4,6,8-12H,1-3H3. The summed E-state index contributed by atoms with van der Waals surface area (Å²) in [5, 5.41) is 2.16. The van der Waals surface area contributed by atoms with Gasteiger partial charge in [-0.05, 0) is 44.1 Å². The maximum Gasteiger partial charge on any atom is 0.204 e. The van der Waals surface area contributed by atoms with Crippen molar-refractivity contribution in [2.24, 2.45) is 0 Å². The molecule has 25 heavy (non-hydrogen) atoms. The molecule has 0 aromatic rings. The second-order valence-corrected chi connectivity index (χ2v) is 9.06. The highest BCUT2D eigenvalue weighted by Crippen LogP contribution is 2.29. The van der Waals surface area contributed by atoms with E-state index in [0.717, 1.165) is 5.41 Å². The number of carbonyl (C=O) groups is 1. The number of ketones is 1. The molecule has 0 fully saturated rings. The third-order valence-electron chi connectivity index (χ3n) is 3.64. The van der Waals surface area contributed by atoms with Crippen LogP contribution in [0.1, 0.15) is 20.8 Å². The van der Waals surface area contributed by atoms with Crippen molar-refractivity contribution >= 4 is 25.5 Å². The summed E-state index contributed by atoms with van der Waals surface area (Å²) in [6.45, 7) is 4.88. The van der Waals surface area contributed by atoms with Crippen molar-refractivity contribution < 1.29 is 21.6 Å². The Bertz CT molecular complexity index is 1110. The van der Waals surface area contributed by atoms with Gasteiger partial charge in [0.1, 0.15) is 4.91 Å². The van der Waals surface area contributed by atoms with Crippen molar-refractivity contribution in [3.63, 3.8) is 0 Å². The van der Waals surface area contributed by atoms with Gasteiger partial charge >= 0.3 is 0 Å². The summed E-state index contributed by atoms with van der Waals surface area (Å²) in [7, 11) is -7.06. The number of hydrogen-bond acceptors (Lipinski definition) is 5. The predicted molar refractivity (Wildman–Crippen MR) is 96.4 cm³/mol. The highest BCUT2D eigenvalue weighted by Gasteiger charge is 2.30. The molecule has 0 aromatic heterocycles. The topological polar surface area (TPSA) is 85.3 Å². The van der Waals surface area contributed by atoms with Gasteiger partial charge < -0.3 is 0 Å². The van der Waals surface area contributed by atoms with Gasteiger partial charge in [0.25, 0.3) is 0 Å². The Balaban J connectivity index is 2.18. The van der Waals surface area contributed by atoms with E-state index < -0.39 is 25.5 Å². The average molecular weight is 376 g/mol. The molecule has 0 bridgehead atoms. The quantitative estimate of drug-likeness (QED) is 0.429. The molecule has 0 unspecified atom stereocenters. The van der Waals surface area contributed by atoms with Crippen molar-refractivity contribution in [3.05, 3.63) is 79.2 Å². The maximum atomic E-state index is 11.9. The fraction of sp³-hybridized carbons (Fsp3) is 0.167. The zero-order chi connectivity index (χ0) is 18.8. The van der Waals surface area contributed by atoms with Gasteiger partial charge in [-0.3, -0.25) is 4.79 Å². The summed E-state index contributed by atoms with van der Waals surface area (Å²) in [4.78, 5) is 11.6. The van der Waals surface area contributed by atoms with Gasteiger partial charge in [-0.15, -0.1) is 0 Å². The molecule has 7 heteroatoms. The SMILES string of the molecule is CC1=CS(=O)(=O)C(=CC=CC=C=C=CC2=C(C)C(C)=CS2(=O)=O)C1=O. The van der Waals surface area contributed by atoms with Crippen LogP contribution in [0.3, 0.4) is 0 Å². The van der Waals surface area contributed by atoms with Gasteiger partial charge in [0, 0.05) is 22.5 Å². The van der Waals surface area contributed by atoms with Crippen molar-refractivity contribution in [2.75, 3.05) is 0 Å². The first-order chi connectivity index (χ1) is 11.6. The first kappa shape index (κ1) is 18.9. The Morgan fingerprint density at radius 1 is 0.880 bits per heavy atom. The van der Waals surface area contributed by atoms with E-state index in [9.17, 15) is 21.6 Å². The normalized spacial score (nSPS) is 22.7. The summed E-state index contributed by atoms with van der Waals surface area (Å²) >= 11 is 0. The summed E-state index contributed by atoms with van der Waals surface area (Å²) in [5.41, 5.74) is 6.80. The van der Waals surface area contributed by atoms with Crippen LogP contribution < -0.4 is 0 Å².